The molecule has 2 rings (SSSR count). The Labute approximate surface area is 122 Å². The van der Waals surface area contributed by atoms with E-state index in [0.29, 0.717) is 5.69 Å². The van der Waals surface area contributed by atoms with Crippen LogP contribution in [0, 0.1) is 10.1 Å². The van der Waals surface area contributed by atoms with Gasteiger partial charge in [-0.2, -0.15) is 0 Å². The van der Waals surface area contributed by atoms with Crippen LogP contribution in [0.2, 0.25) is 0 Å². The van der Waals surface area contributed by atoms with Crippen LogP contribution in [0.5, 0.6) is 5.75 Å². The van der Waals surface area contributed by atoms with Gasteiger partial charge in [-0.15, -0.1) is 0 Å². The van der Waals surface area contributed by atoms with Crippen LogP contribution >= 0.6 is 0 Å². The van der Waals surface area contributed by atoms with Gasteiger partial charge in [0.25, 0.3) is 5.69 Å². The summed E-state index contributed by atoms with van der Waals surface area (Å²) in [6, 6.07) is 2.72. The highest BCUT2D eigenvalue weighted by molar-refractivity contribution is 5.93. The Morgan fingerprint density at radius 3 is 2.71 bits per heavy atom. The van der Waals surface area contributed by atoms with E-state index in [0.717, 1.165) is 31.9 Å². The number of carboxylic acid groups (broad SMARTS) is 1. The molecule has 21 heavy (non-hydrogen) atoms. The van der Waals surface area contributed by atoms with Crippen LogP contribution in [0.25, 0.3) is 0 Å². The van der Waals surface area contributed by atoms with E-state index in [-0.39, 0.29) is 23.0 Å². The number of methoxy groups -OCH3 is 1. The quantitative estimate of drug-likeness (QED) is 0.678. The van der Waals surface area contributed by atoms with E-state index >= 15 is 0 Å². The monoisotopic (exact) mass is 294 g/mol. The summed E-state index contributed by atoms with van der Waals surface area (Å²) in [4.78, 5) is 23.9. The van der Waals surface area contributed by atoms with E-state index in [2.05, 4.69) is 0 Å². The van der Waals surface area contributed by atoms with Crippen molar-refractivity contribution in [3.63, 3.8) is 0 Å². The van der Waals surface area contributed by atoms with Crippen LogP contribution in [0.3, 0.4) is 0 Å². The van der Waals surface area contributed by atoms with Crippen LogP contribution in [-0.4, -0.2) is 35.7 Å². The Balaban J connectivity index is 2.57. The second kappa shape index (κ2) is 5.99. The molecule has 1 aromatic rings. The van der Waals surface area contributed by atoms with Crippen LogP contribution in [0.15, 0.2) is 12.1 Å². The molecule has 1 N–H and O–H groups in total. The van der Waals surface area contributed by atoms with Gasteiger partial charge in [-0.05, 0) is 26.2 Å². The van der Waals surface area contributed by atoms with Crippen molar-refractivity contribution in [2.24, 2.45) is 0 Å². The molecule has 1 unspecified atom stereocenters. The molecular formula is C14H18N2O5. The zero-order chi connectivity index (χ0) is 15.6. The maximum absolute atomic E-state index is 11.3. The SMILES string of the molecule is COc1cc(N2CCCCC2C)c([N+](=O)[O-])cc1C(=O)O. The summed E-state index contributed by atoms with van der Waals surface area (Å²) in [5.41, 5.74) is 0.0358. The fraction of sp³-hybridized carbons (Fsp3) is 0.500. The lowest BCUT2D eigenvalue weighted by Gasteiger charge is -2.35. The molecule has 7 nitrogen and oxygen atoms in total. The Morgan fingerprint density at radius 2 is 2.19 bits per heavy atom. The van der Waals surface area contributed by atoms with Gasteiger partial charge in [-0.25, -0.2) is 4.79 Å². The lowest BCUT2D eigenvalue weighted by molar-refractivity contribution is -0.384. The Kier molecular flexibility index (Phi) is 4.30. The minimum absolute atomic E-state index is 0.140. The van der Waals surface area contributed by atoms with Gasteiger partial charge in [0.1, 0.15) is 17.0 Å². The molecule has 0 aromatic heterocycles. The first-order valence-corrected chi connectivity index (χ1v) is 6.82. The highest BCUT2D eigenvalue weighted by Gasteiger charge is 2.29. The molecular weight excluding hydrogens is 276 g/mol. The standard InChI is InChI=1S/C14H18N2O5/c1-9-5-3-4-6-15(9)11-8-13(21-2)10(14(17)18)7-12(11)16(19)20/h7-9H,3-6H2,1-2H3,(H,17,18). The number of nitro benzene ring substituents is 1. The third-order valence-electron chi connectivity index (χ3n) is 3.84. The molecule has 1 aliphatic heterocycles. The number of hydrogen-bond acceptors (Lipinski definition) is 5. The third kappa shape index (κ3) is 2.91. The maximum Gasteiger partial charge on any atom is 0.339 e. The van der Waals surface area contributed by atoms with E-state index in [4.69, 9.17) is 9.84 Å². The number of nitrogens with zero attached hydrogens (tertiary/aromatic N) is 2. The first kappa shape index (κ1) is 15.1. The predicted octanol–water partition coefficient (Wildman–Crippen LogP) is 2.68. The average Bonchev–Trinajstić information content (AvgIpc) is 2.46. The van der Waals surface area contributed by atoms with Crippen LogP contribution in [0.4, 0.5) is 11.4 Å². The molecule has 0 bridgehead atoms. The summed E-state index contributed by atoms with van der Waals surface area (Å²) >= 11 is 0. The molecule has 1 aliphatic rings. The van der Waals surface area contributed by atoms with Crippen molar-refractivity contribution < 1.29 is 19.6 Å². The van der Waals surface area contributed by atoms with Gasteiger partial charge in [0.2, 0.25) is 0 Å². The van der Waals surface area contributed by atoms with Gasteiger partial charge in [0.05, 0.1) is 12.0 Å². The van der Waals surface area contributed by atoms with Crippen molar-refractivity contribution in [1.82, 2.24) is 0 Å². The summed E-state index contributed by atoms with van der Waals surface area (Å²) in [7, 11) is 1.36. The Morgan fingerprint density at radius 1 is 1.48 bits per heavy atom. The van der Waals surface area contributed by atoms with Crippen molar-refractivity contribution >= 4 is 17.3 Å². The van der Waals surface area contributed by atoms with Crippen molar-refractivity contribution in [1.29, 1.82) is 0 Å². The molecule has 0 amide bonds. The molecule has 114 valence electrons. The molecule has 7 heteroatoms. The maximum atomic E-state index is 11.3. The molecule has 0 spiro atoms. The Hall–Kier alpha value is -2.31. The number of piperidine rings is 1. The third-order valence-corrected chi connectivity index (χ3v) is 3.84. The lowest BCUT2D eigenvalue weighted by atomic mass is 10.0. The summed E-state index contributed by atoms with van der Waals surface area (Å²) in [5.74, 6) is -1.10. The van der Waals surface area contributed by atoms with Gasteiger partial charge in [0.15, 0.2) is 0 Å². The lowest BCUT2D eigenvalue weighted by Crippen LogP contribution is -2.37. The first-order chi connectivity index (χ1) is 9.95. The molecule has 0 aliphatic carbocycles. The fourth-order valence-corrected chi connectivity index (χ4v) is 2.73. The van der Waals surface area contributed by atoms with E-state index in [9.17, 15) is 14.9 Å². The van der Waals surface area contributed by atoms with E-state index in [1.165, 1.54) is 13.2 Å². The normalized spacial score (nSPS) is 18.4. The predicted molar refractivity (Wildman–Crippen MR) is 77.3 cm³/mol. The molecule has 0 radical (unpaired) electrons. The van der Waals surface area contributed by atoms with E-state index in [1.807, 2.05) is 11.8 Å². The number of carboxylic acids is 1. The zero-order valence-electron chi connectivity index (χ0n) is 12.0. The summed E-state index contributed by atoms with van der Waals surface area (Å²) < 4.78 is 5.08. The average molecular weight is 294 g/mol. The number of benzene rings is 1. The summed E-state index contributed by atoms with van der Waals surface area (Å²) in [6.45, 7) is 2.73. The topological polar surface area (TPSA) is 92.9 Å². The largest absolute Gasteiger partial charge is 0.496 e. The van der Waals surface area contributed by atoms with E-state index < -0.39 is 10.9 Å². The minimum Gasteiger partial charge on any atom is -0.496 e. The number of ether oxygens (including phenoxy) is 1. The van der Waals surface area contributed by atoms with Gasteiger partial charge in [-0.3, -0.25) is 10.1 Å². The molecule has 1 saturated heterocycles. The zero-order valence-corrected chi connectivity index (χ0v) is 12.0. The first-order valence-electron chi connectivity index (χ1n) is 6.82. The van der Waals surface area contributed by atoms with Gasteiger partial charge < -0.3 is 14.7 Å². The molecule has 1 fully saturated rings. The van der Waals surface area contributed by atoms with E-state index in [1.54, 1.807) is 0 Å². The minimum atomic E-state index is -1.24. The van der Waals surface area contributed by atoms with Gasteiger partial charge >= 0.3 is 5.97 Å². The number of carbonyl (C=O) groups is 1. The van der Waals surface area contributed by atoms with Gasteiger partial charge in [0, 0.05) is 24.7 Å². The molecule has 1 aromatic carbocycles. The molecule has 1 atom stereocenters. The smallest absolute Gasteiger partial charge is 0.339 e. The molecule has 0 saturated carbocycles. The second-order valence-corrected chi connectivity index (χ2v) is 5.14. The van der Waals surface area contributed by atoms with Crippen molar-refractivity contribution in [2.75, 3.05) is 18.6 Å². The highest BCUT2D eigenvalue weighted by Crippen LogP contribution is 2.38. The van der Waals surface area contributed by atoms with Crippen molar-refractivity contribution in [3.8, 4) is 5.75 Å². The second-order valence-electron chi connectivity index (χ2n) is 5.14. The number of anilines is 1. The number of aromatic carboxylic acids is 1. The number of rotatable bonds is 4. The van der Waals surface area contributed by atoms with Crippen LogP contribution in [-0.2, 0) is 0 Å². The summed E-state index contributed by atoms with van der Waals surface area (Å²) in [6.07, 6.45) is 3.01. The van der Waals surface area contributed by atoms with Crippen LogP contribution in [0.1, 0.15) is 36.5 Å². The van der Waals surface area contributed by atoms with Gasteiger partial charge in [-0.1, -0.05) is 0 Å². The summed E-state index contributed by atoms with van der Waals surface area (Å²) in [5, 5.41) is 20.4. The van der Waals surface area contributed by atoms with Crippen LogP contribution < -0.4 is 9.64 Å². The van der Waals surface area contributed by atoms with Crippen molar-refractivity contribution in [3.05, 3.63) is 27.8 Å². The Bertz CT molecular complexity index is 573. The molecule has 1 heterocycles. The number of nitro groups is 1. The highest BCUT2D eigenvalue weighted by atomic mass is 16.6. The van der Waals surface area contributed by atoms with Crippen molar-refractivity contribution in [2.45, 2.75) is 32.2 Å². The number of hydrogen-bond donors (Lipinski definition) is 1. The fourth-order valence-electron chi connectivity index (χ4n) is 2.73.